The number of carbonyl (C=O) groups is 1. The van der Waals surface area contributed by atoms with Crippen LogP contribution in [-0.4, -0.2) is 27.6 Å². The molecule has 0 fully saturated rings. The number of carbonyl (C=O) groups excluding carboxylic acids is 1. The van der Waals surface area contributed by atoms with Crippen molar-refractivity contribution in [3.05, 3.63) is 63.4 Å². The zero-order valence-corrected chi connectivity index (χ0v) is 14.2. The van der Waals surface area contributed by atoms with Gasteiger partial charge in [0.15, 0.2) is 5.75 Å². The summed E-state index contributed by atoms with van der Waals surface area (Å²) in [5.74, 6) is -0.853. The van der Waals surface area contributed by atoms with Gasteiger partial charge in [0.2, 0.25) is 5.56 Å². The first-order valence-corrected chi connectivity index (χ1v) is 8.08. The van der Waals surface area contributed by atoms with Crippen molar-refractivity contribution < 1.29 is 15.0 Å². The molecular formula is C19H19N3O4. The summed E-state index contributed by atoms with van der Waals surface area (Å²) in [7, 11) is 0. The van der Waals surface area contributed by atoms with Gasteiger partial charge in [-0.05, 0) is 42.7 Å². The van der Waals surface area contributed by atoms with Crippen LogP contribution in [0.25, 0.3) is 10.9 Å². The van der Waals surface area contributed by atoms with Crippen LogP contribution in [0.1, 0.15) is 21.5 Å². The fourth-order valence-corrected chi connectivity index (χ4v) is 2.95. The molecule has 0 atom stereocenters. The number of pyridine rings is 1. The summed E-state index contributed by atoms with van der Waals surface area (Å²) in [6.45, 7) is 2.28. The average molecular weight is 353 g/mol. The van der Waals surface area contributed by atoms with Gasteiger partial charge in [-0.2, -0.15) is 0 Å². The number of hydrogen-bond acceptors (Lipinski definition) is 5. The maximum atomic E-state index is 11.5. The van der Waals surface area contributed by atoms with E-state index in [0.29, 0.717) is 24.2 Å². The number of H-pyrrole nitrogens is 1. The van der Waals surface area contributed by atoms with Crippen LogP contribution in [0.15, 0.2) is 41.2 Å². The van der Waals surface area contributed by atoms with E-state index in [9.17, 15) is 19.8 Å². The Morgan fingerprint density at radius 1 is 1.15 bits per heavy atom. The Kier molecular flexibility index (Phi) is 4.53. The summed E-state index contributed by atoms with van der Waals surface area (Å²) in [5.41, 5.74) is 7.59. The third-order valence-corrected chi connectivity index (χ3v) is 4.31. The molecule has 0 bridgehead atoms. The number of primary amides is 1. The predicted molar refractivity (Wildman–Crippen MR) is 99.8 cm³/mol. The van der Waals surface area contributed by atoms with Crippen LogP contribution in [-0.2, 0) is 6.42 Å². The lowest BCUT2D eigenvalue weighted by Crippen LogP contribution is -2.13. The van der Waals surface area contributed by atoms with Gasteiger partial charge >= 0.3 is 0 Å². The van der Waals surface area contributed by atoms with Gasteiger partial charge in [0, 0.05) is 18.0 Å². The van der Waals surface area contributed by atoms with Crippen molar-refractivity contribution in [2.75, 3.05) is 11.9 Å². The average Bonchev–Trinajstić information content (AvgIpc) is 2.59. The molecule has 0 saturated carbocycles. The molecule has 0 spiro atoms. The van der Waals surface area contributed by atoms with Crippen molar-refractivity contribution in [3.8, 4) is 11.5 Å². The van der Waals surface area contributed by atoms with E-state index in [2.05, 4.69) is 10.3 Å². The molecule has 1 amide bonds. The molecule has 6 N–H and O–H groups in total. The monoisotopic (exact) mass is 353 g/mol. The molecule has 0 aliphatic carbocycles. The molecule has 134 valence electrons. The second-order valence-corrected chi connectivity index (χ2v) is 6.05. The maximum Gasteiger partial charge on any atom is 0.252 e. The second-order valence-electron chi connectivity index (χ2n) is 6.05. The van der Waals surface area contributed by atoms with Crippen LogP contribution >= 0.6 is 0 Å². The molecule has 1 aromatic heterocycles. The number of benzene rings is 2. The van der Waals surface area contributed by atoms with E-state index in [1.165, 1.54) is 18.2 Å². The third-order valence-electron chi connectivity index (χ3n) is 4.31. The summed E-state index contributed by atoms with van der Waals surface area (Å²) < 4.78 is 0. The van der Waals surface area contributed by atoms with Gasteiger partial charge in [0.25, 0.3) is 5.91 Å². The highest BCUT2D eigenvalue weighted by Gasteiger charge is 2.14. The number of phenols is 2. The molecule has 2 aromatic carbocycles. The van der Waals surface area contributed by atoms with Crippen molar-refractivity contribution in [3.63, 3.8) is 0 Å². The van der Waals surface area contributed by atoms with Crippen LogP contribution in [0.2, 0.25) is 0 Å². The van der Waals surface area contributed by atoms with E-state index in [1.807, 2.05) is 6.92 Å². The molecule has 0 saturated heterocycles. The minimum absolute atomic E-state index is 0.0112. The fraction of sp³-hybridized carbons (Fsp3) is 0.158. The molecule has 3 rings (SSSR count). The van der Waals surface area contributed by atoms with E-state index in [-0.39, 0.29) is 22.6 Å². The van der Waals surface area contributed by atoms with E-state index >= 15 is 0 Å². The Morgan fingerprint density at radius 3 is 2.65 bits per heavy atom. The summed E-state index contributed by atoms with van der Waals surface area (Å²) >= 11 is 0. The lowest BCUT2D eigenvalue weighted by atomic mass is 10.0. The number of aryl methyl sites for hydroxylation is 1. The Morgan fingerprint density at radius 2 is 1.92 bits per heavy atom. The lowest BCUT2D eigenvalue weighted by molar-refractivity contribution is 0.0998. The number of aromatic nitrogens is 1. The number of fused-ring (bicyclic) bond motifs is 1. The first-order valence-electron chi connectivity index (χ1n) is 8.08. The van der Waals surface area contributed by atoms with Crippen LogP contribution in [0.5, 0.6) is 11.5 Å². The molecule has 0 aliphatic rings. The van der Waals surface area contributed by atoms with Gasteiger partial charge in [-0.1, -0.05) is 12.1 Å². The van der Waals surface area contributed by atoms with Gasteiger partial charge in [-0.15, -0.1) is 0 Å². The number of rotatable bonds is 5. The summed E-state index contributed by atoms with van der Waals surface area (Å²) in [5, 5.41) is 24.0. The second kappa shape index (κ2) is 6.79. The first-order chi connectivity index (χ1) is 12.4. The van der Waals surface area contributed by atoms with E-state index in [0.717, 1.165) is 16.5 Å². The zero-order chi connectivity index (χ0) is 18.8. The van der Waals surface area contributed by atoms with Crippen molar-refractivity contribution >= 4 is 22.5 Å². The number of nitrogens with one attached hydrogen (secondary N) is 2. The highest BCUT2D eigenvalue weighted by molar-refractivity contribution is 5.97. The SMILES string of the molecule is Cc1ccc(C(N)=O)c(O)c1NCCc1ccc(O)c2[nH]c(=O)ccc12. The van der Waals surface area contributed by atoms with E-state index < -0.39 is 5.91 Å². The number of phenolic OH excluding ortho intramolecular Hbond substituents is 1. The molecular weight excluding hydrogens is 334 g/mol. The Labute approximate surface area is 149 Å². The molecule has 7 heteroatoms. The van der Waals surface area contributed by atoms with Crippen LogP contribution < -0.4 is 16.6 Å². The van der Waals surface area contributed by atoms with E-state index in [1.54, 1.807) is 18.2 Å². The minimum Gasteiger partial charge on any atom is -0.506 e. The van der Waals surface area contributed by atoms with Gasteiger partial charge in [-0.25, -0.2) is 0 Å². The van der Waals surface area contributed by atoms with Crippen LogP contribution in [0, 0.1) is 6.92 Å². The number of hydrogen-bond donors (Lipinski definition) is 5. The summed E-state index contributed by atoms with van der Waals surface area (Å²) in [6, 6.07) is 9.59. The van der Waals surface area contributed by atoms with Crippen molar-refractivity contribution in [1.82, 2.24) is 4.98 Å². The van der Waals surface area contributed by atoms with Gasteiger partial charge in [0.1, 0.15) is 5.75 Å². The normalized spacial score (nSPS) is 10.8. The fourth-order valence-electron chi connectivity index (χ4n) is 2.95. The molecule has 7 nitrogen and oxygen atoms in total. The smallest absolute Gasteiger partial charge is 0.252 e. The largest absolute Gasteiger partial charge is 0.506 e. The highest BCUT2D eigenvalue weighted by atomic mass is 16.3. The van der Waals surface area contributed by atoms with Gasteiger partial charge < -0.3 is 26.2 Å². The zero-order valence-electron chi connectivity index (χ0n) is 14.2. The molecule has 0 unspecified atom stereocenters. The molecule has 26 heavy (non-hydrogen) atoms. The standard InChI is InChI=1S/C19H19N3O4/c1-10-2-4-13(19(20)26)18(25)16(10)21-9-8-11-3-6-14(23)17-12(11)5-7-15(24)22-17/h2-7,21,23,25H,8-9H2,1H3,(H2,20,26)(H,22,24). The molecule has 1 heterocycles. The van der Waals surface area contributed by atoms with Crippen LogP contribution in [0.3, 0.4) is 0 Å². The summed E-state index contributed by atoms with van der Waals surface area (Å²) in [6.07, 6.45) is 0.572. The summed E-state index contributed by atoms with van der Waals surface area (Å²) in [4.78, 5) is 25.5. The number of nitrogens with two attached hydrogens (primary N) is 1. The number of anilines is 1. The Hall–Kier alpha value is -3.48. The van der Waals surface area contributed by atoms with Gasteiger partial charge in [-0.3, -0.25) is 9.59 Å². The van der Waals surface area contributed by atoms with Crippen molar-refractivity contribution in [1.29, 1.82) is 0 Å². The Bertz CT molecular complexity index is 1060. The lowest BCUT2D eigenvalue weighted by Gasteiger charge is -2.14. The van der Waals surface area contributed by atoms with E-state index in [4.69, 9.17) is 5.73 Å². The van der Waals surface area contributed by atoms with Gasteiger partial charge in [0.05, 0.1) is 16.8 Å². The minimum atomic E-state index is -0.695. The van der Waals surface area contributed by atoms with Crippen LogP contribution in [0.4, 0.5) is 5.69 Å². The van der Waals surface area contributed by atoms with Crippen molar-refractivity contribution in [2.24, 2.45) is 5.73 Å². The quantitative estimate of drug-likeness (QED) is 0.448. The Balaban J connectivity index is 1.85. The number of aromatic hydroxyl groups is 2. The molecule has 0 aliphatic heterocycles. The highest BCUT2D eigenvalue weighted by Crippen LogP contribution is 2.31. The molecule has 0 radical (unpaired) electrons. The first kappa shape index (κ1) is 17.3. The predicted octanol–water partition coefficient (Wildman–Crippen LogP) is 2.00. The topological polar surface area (TPSA) is 128 Å². The molecule has 3 aromatic rings. The maximum absolute atomic E-state index is 11.5. The number of amides is 1. The number of aromatic amines is 1. The van der Waals surface area contributed by atoms with Crippen molar-refractivity contribution in [2.45, 2.75) is 13.3 Å². The third kappa shape index (κ3) is 3.19.